The number of hydrogen-bond acceptors (Lipinski definition) is 2. The summed E-state index contributed by atoms with van der Waals surface area (Å²) in [6.07, 6.45) is 0.116. The zero-order valence-corrected chi connectivity index (χ0v) is 12.0. The van der Waals surface area contributed by atoms with Crippen molar-refractivity contribution in [3.05, 3.63) is 35.4 Å². The Hall–Kier alpha value is -1.49. The van der Waals surface area contributed by atoms with Gasteiger partial charge in [0, 0.05) is 25.1 Å². The minimum absolute atomic E-state index is 0.0103. The normalized spacial score (nSPS) is 15.5. The zero-order valence-electron chi connectivity index (χ0n) is 12.0. The van der Waals surface area contributed by atoms with E-state index in [4.69, 9.17) is 5.11 Å². The molecule has 0 aromatic heterocycles. The van der Waals surface area contributed by atoms with Crippen molar-refractivity contribution >= 4 is 5.91 Å². The van der Waals surface area contributed by atoms with Crippen LogP contribution in [-0.2, 0) is 4.79 Å². The van der Waals surface area contributed by atoms with Gasteiger partial charge >= 0.3 is 0 Å². The summed E-state index contributed by atoms with van der Waals surface area (Å²) in [6.45, 7) is 5.34. The lowest BCUT2D eigenvalue weighted by Gasteiger charge is -2.20. The van der Waals surface area contributed by atoms with Crippen LogP contribution in [0.5, 0.6) is 0 Å². The fraction of sp³-hybridized carbons (Fsp3) is 0.533. The van der Waals surface area contributed by atoms with E-state index in [-0.39, 0.29) is 36.8 Å². The molecular weight excluding hydrogens is 264 g/mol. The average molecular weight is 285 g/mol. The van der Waals surface area contributed by atoms with Gasteiger partial charge in [-0.2, -0.15) is 0 Å². The van der Waals surface area contributed by atoms with E-state index in [1.165, 1.54) is 12.1 Å². The van der Waals surface area contributed by atoms with Crippen LogP contribution >= 0.6 is 0 Å². The molecule has 3 atom stereocenters. The highest BCUT2D eigenvalue weighted by atomic mass is 19.1. The Bertz CT molecular complexity index is 465. The van der Waals surface area contributed by atoms with Crippen molar-refractivity contribution in [2.24, 2.45) is 5.92 Å². The van der Waals surface area contributed by atoms with E-state index in [1.807, 2.05) is 13.8 Å². The van der Waals surface area contributed by atoms with E-state index in [0.717, 1.165) is 6.07 Å². The Morgan fingerprint density at radius 2 is 1.95 bits per heavy atom. The summed E-state index contributed by atoms with van der Waals surface area (Å²) in [5.41, 5.74) is 0.324. The number of amides is 1. The first-order valence-electron chi connectivity index (χ1n) is 6.70. The van der Waals surface area contributed by atoms with E-state index < -0.39 is 11.6 Å². The molecule has 2 N–H and O–H groups in total. The molecule has 3 unspecified atom stereocenters. The molecule has 1 rings (SSSR count). The van der Waals surface area contributed by atoms with Gasteiger partial charge in [-0.05, 0) is 30.4 Å². The lowest BCUT2D eigenvalue weighted by Crippen LogP contribution is -2.38. The summed E-state index contributed by atoms with van der Waals surface area (Å²) < 4.78 is 26.4. The second-order valence-corrected chi connectivity index (χ2v) is 5.29. The number of aliphatic hydroxyl groups excluding tert-OH is 1. The van der Waals surface area contributed by atoms with Crippen LogP contribution in [0.25, 0.3) is 0 Å². The third-order valence-corrected chi connectivity index (χ3v) is 3.52. The quantitative estimate of drug-likeness (QED) is 0.844. The number of carbonyl (C=O) groups is 1. The molecule has 0 saturated heterocycles. The van der Waals surface area contributed by atoms with Crippen molar-refractivity contribution in [2.75, 3.05) is 6.61 Å². The Morgan fingerprint density at radius 1 is 1.30 bits per heavy atom. The standard InChI is InChI=1S/C15H21F2NO2/c1-9(13-5-4-12(16)7-14(13)17)6-15(20)18-11(3)10(2)8-19/h4-5,7,9-11,19H,6,8H2,1-3H3,(H,18,20). The van der Waals surface area contributed by atoms with Crippen molar-refractivity contribution in [1.82, 2.24) is 5.32 Å². The van der Waals surface area contributed by atoms with E-state index in [2.05, 4.69) is 5.32 Å². The average Bonchev–Trinajstić information content (AvgIpc) is 2.37. The monoisotopic (exact) mass is 285 g/mol. The number of hydrogen-bond donors (Lipinski definition) is 2. The molecule has 1 amide bonds. The highest BCUT2D eigenvalue weighted by Crippen LogP contribution is 2.22. The molecular formula is C15H21F2NO2. The molecule has 1 aromatic rings. The van der Waals surface area contributed by atoms with Crippen molar-refractivity contribution in [2.45, 2.75) is 39.2 Å². The molecule has 0 spiro atoms. The predicted octanol–water partition coefficient (Wildman–Crippen LogP) is 2.59. The van der Waals surface area contributed by atoms with Crippen LogP contribution in [-0.4, -0.2) is 23.7 Å². The lowest BCUT2D eigenvalue weighted by molar-refractivity contribution is -0.122. The van der Waals surface area contributed by atoms with Gasteiger partial charge in [0.25, 0.3) is 0 Å². The minimum atomic E-state index is -0.637. The van der Waals surface area contributed by atoms with E-state index in [0.29, 0.717) is 5.56 Å². The van der Waals surface area contributed by atoms with Gasteiger partial charge in [0.05, 0.1) is 0 Å². The largest absolute Gasteiger partial charge is 0.396 e. The van der Waals surface area contributed by atoms with Gasteiger partial charge in [-0.25, -0.2) is 8.78 Å². The number of carbonyl (C=O) groups excluding carboxylic acids is 1. The van der Waals surface area contributed by atoms with Crippen LogP contribution in [0.3, 0.4) is 0 Å². The van der Waals surface area contributed by atoms with Crippen LogP contribution in [0, 0.1) is 17.6 Å². The summed E-state index contributed by atoms with van der Waals surface area (Å²) in [4.78, 5) is 11.8. The second-order valence-electron chi connectivity index (χ2n) is 5.29. The molecule has 0 radical (unpaired) electrons. The summed E-state index contributed by atoms with van der Waals surface area (Å²) in [5.74, 6) is -1.87. The predicted molar refractivity (Wildman–Crippen MR) is 73.2 cm³/mol. The Balaban J connectivity index is 2.61. The van der Waals surface area contributed by atoms with Gasteiger partial charge < -0.3 is 10.4 Å². The molecule has 0 aliphatic rings. The van der Waals surface area contributed by atoms with Gasteiger partial charge in [0.2, 0.25) is 5.91 Å². The van der Waals surface area contributed by atoms with E-state index in [1.54, 1.807) is 6.92 Å². The van der Waals surface area contributed by atoms with Crippen molar-refractivity contribution in [1.29, 1.82) is 0 Å². The maximum atomic E-state index is 13.6. The Morgan fingerprint density at radius 3 is 2.50 bits per heavy atom. The summed E-state index contributed by atoms with van der Waals surface area (Å²) >= 11 is 0. The molecule has 0 aliphatic carbocycles. The molecule has 0 heterocycles. The number of benzene rings is 1. The lowest BCUT2D eigenvalue weighted by atomic mass is 9.96. The second kappa shape index (κ2) is 7.33. The van der Waals surface area contributed by atoms with Gasteiger partial charge in [0.1, 0.15) is 11.6 Å². The molecule has 0 aliphatic heterocycles. The number of nitrogens with one attached hydrogen (secondary N) is 1. The first kappa shape index (κ1) is 16.6. The number of aliphatic hydroxyl groups is 1. The minimum Gasteiger partial charge on any atom is -0.396 e. The van der Waals surface area contributed by atoms with Crippen LogP contribution in [0.1, 0.15) is 38.7 Å². The summed E-state index contributed by atoms with van der Waals surface area (Å²) in [7, 11) is 0. The number of halogens is 2. The third-order valence-electron chi connectivity index (χ3n) is 3.52. The van der Waals surface area contributed by atoms with E-state index in [9.17, 15) is 13.6 Å². The van der Waals surface area contributed by atoms with Crippen LogP contribution in [0.4, 0.5) is 8.78 Å². The van der Waals surface area contributed by atoms with E-state index >= 15 is 0 Å². The third kappa shape index (κ3) is 4.56. The topological polar surface area (TPSA) is 49.3 Å². The smallest absolute Gasteiger partial charge is 0.220 e. The molecule has 112 valence electrons. The van der Waals surface area contributed by atoms with Crippen LogP contribution in [0.15, 0.2) is 18.2 Å². The van der Waals surface area contributed by atoms with Crippen molar-refractivity contribution < 1.29 is 18.7 Å². The molecule has 0 bridgehead atoms. The summed E-state index contributed by atoms with van der Waals surface area (Å²) in [6, 6.07) is 3.21. The van der Waals surface area contributed by atoms with Crippen molar-refractivity contribution in [3.8, 4) is 0 Å². The molecule has 20 heavy (non-hydrogen) atoms. The first-order valence-corrected chi connectivity index (χ1v) is 6.70. The van der Waals surface area contributed by atoms with Gasteiger partial charge in [0.15, 0.2) is 0 Å². The molecule has 3 nitrogen and oxygen atoms in total. The Kier molecular flexibility index (Phi) is 6.07. The van der Waals surface area contributed by atoms with Crippen LogP contribution in [0.2, 0.25) is 0 Å². The summed E-state index contributed by atoms with van der Waals surface area (Å²) in [5, 5.41) is 11.8. The molecule has 5 heteroatoms. The molecule has 0 saturated carbocycles. The SMILES string of the molecule is CC(CC(=O)NC(C)C(C)CO)c1ccc(F)cc1F. The fourth-order valence-electron chi connectivity index (χ4n) is 1.90. The highest BCUT2D eigenvalue weighted by Gasteiger charge is 2.18. The number of rotatable bonds is 6. The van der Waals surface area contributed by atoms with Crippen molar-refractivity contribution in [3.63, 3.8) is 0 Å². The van der Waals surface area contributed by atoms with Crippen LogP contribution < -0.4 is 5.32 Å². The zero-order chi connectivity index (χ0) is 15.3. The maximum absolute atomic E-state index is 13.6. The van der Waals surface area contributed by atoms with Gasteiger partial charge in [-0.1, -0.05) is 19.9 Å². The molecule has 0 fully saturated rings. The van der Waals surface area contributed by atoms with Gasteiger partial charge in [-0.15, -0.1) is 0 Å². The molecule has 1 aromatic carbocycles. The Labute approximate surface area is 118 Å². The van der Waals surface area contributed by atoms with Gasteiger partial charge in [-0.3, -0.25) is 4.79 Å². The highest BCUT2D eigenvalue weighted by molar-refractivity contribution is 5.77. The fourth-order valence-corrected chi connectivity index (χ4v) is 1.90. The maximum Gasteiger partial charge on any atom is 0.220 e. The first-order chi connectivity index (χ1) is 9.35.